The molecule has 0 bridgehead atoms. The molecule has 1 N–H and O–H groups in total. The van der Waals surface area contributed by atoms with Crippen molar-refractivity contribution in [1.29, 1.82) is 0 Å². The summed E-state index contributed by atoms with van der Waals surface area (Å²) in [5.74, 6) is -4.05. The van der Waals surface area contributed by atoms with Crippen LogP contribution >= 0.6 is 0 Å². The molecule has 0 aliphatic heterocycles. The molecule has 0 rings (SSSR count). The molecule has 21 heavy (non-hydrogen) atoms. The highest BCUT2D eigenvalue weighted by molar-refractivity contribution is 6.03. The van der Waals surface area contributed by atoms with Gasteiger partial charge in [0.1, 0.15) is 17.3 Å². The predicted octanol–water partition coefficient (Wildman–Crippen LogP) is 0.431. The minimum Gasteiger partial charge on any atom is -0.468 e. The Labute approximate surface area is 123 Å². The van der Waals surface area contributed by atoms with Crippen LogP contribution in [0.2, 0.25) is 0 Å². The lowest BCUT2D eigenvalue weighted by atomic mass is 9.96. The molecule has 120 valence electrons. The van der Waals surface area contributed by atoms with Gasteiger partial charge in [-0.3, -0.25) is 9.59 Å². The Morgan fingerprint density at radius 3 is 1.76 bits per heavy atom. The second kappa shape index (κ2) is 7.61. The highest BCUT2D eigenvalue weighted by Gasteiger charge is 2.40. The van der Waals surface area contributed by atoms with Crippen LogP contribution < -0.4 is 5.32 Å². The lowest BCUT2D eigenvalue weighted by Crippen LogP contribution is -2.52. The van der Waals surface area contributed by atoms with Crippen molar-refractivity contribution >= 4 is 23.8 Å². The van der Waals surface area contributed by atoms with Gasteiger partial charge in [-0.25, -0.2) is 9.59 Å². The fourth-order valence-corrected chi connectivity index (χ4v) is 1.50. The van der Waals surface area contributed by atoms with Crippen molar-refractivity contribution in [2.45, 2.75) is 39.3 Å². The summed E-state index contributed by atoms with van der Waals surface area (Å²) >= 11 is 0. The van der Waals surface area contributed by atoms with Gasteiger partial charge < -0.3 is 19.5 Å². The second-order valence-electron chi connectivity index (χ2n) is 5.26. The molecule has 0 heterocycles. The van der Waals surface area contributed by atoms with Gasteiger partial charge in [0, 0.05) is 0 Å². The summed E-state index contributed by atoms with van der Waals surface area (Å²) in [4.78, 5) is 46.7. The Kier molecular flexibility index (Phi) is 6.84. The zero-order valence-corrected chi connectivity index (χ0v) is 13.0. The Hall–Kier alpha value is -2.12. The molecule has 8 nitrogen and oxygen atoms in total. The number of Topliss-reactive ketones (excluding diaryl/α,β-unsaturated/α-hetero) is 1. The number of ether oxygens (including phenoxy) is 3. The number of nitrogens with one attached hydrogen (secondary N) is 1. The van der Waals surface area contributed by atoms with Crippen LogP contribution in [0.15, 0.2) is 0 Å². The van der Waals surface area contributed by atoms with Gasteiger partial charge in [-0.2, -0.15) is 0 Å². The number of ketones is 1. The van der Waals surface area contributed by atoms with Crippen LogP contribution in [-0.2, 0) is 28.6 Å². The molecule has 0 fully saturated rings. The fraction of sp³-hybridized carbons (Fsp3) is 0.692. The Morgan fingerprint density at radius 2 is 1.43 bits per heavy atom. The largest absolute Gasteiger partial charge is 0.468 e. The minimum absolute atomic E-state index is 0.645. The summed E-state index contributed by atoms with van der Waals surface area (Å²) < 4.78 is 14.0. The summed E-state index contributed by atoms with van der Waals surface area (Å²) in [6.07, 6.45) is -0.951. The van der Waals surface area contributed by atoms with E-state index in [2.05, 4.69) is 14.8 Å². The van der Waals surface area contributed by atoms with E-state index in [9.17, 15) is 19.2 Å². The van der Waals surface area contributed by atoms with Crippen LogP contribution in [0.3, 0.4) is 0 Å². The lowest BCUT2D eigenvalue weighted by molar-refractivity contribution is -0.157. The smallest absolute Gasteiger partial charge is 0.408 e. The quantitative estimate of drug-likeness (QED) is 0.445. The van der Waals surface area contributed by atoms with E-state index in [0.29, 0.717) is 0 Å². The van der Waals surface area contributed by atoms with Crippen LogP contribution in [-0.4, -0.2) is 49.7 Å². The van der Waals surface area contributed by atoms with Gasteiger partial charge in [-0.15, -0.1) is 0 Å². The summed E-state index contributed by atoms with van der Waals surface area (Å²) in [7, 11) is 2.14. The average Bonchev–Trinajstić information content (AvgIpc) is 2.33. The molecule has 0 aliphatic carbocycles. The number of alkyl carbamates (subject to hydrolysis) is 1. The van der Waals surface area contributed by atoms with Crippen molar-refractivity contribution in [1.82, 2.24) is 5.32 Å². The second-order valence-corrected chi connectivity index (χ2v) is 5.26. The molecular weight excluding hydrogens is 282 g/mol. The zero-order chi connectivity index (χ0) is 16.8. The van der Waals surface area contributed by atoms with E-state index in [4.69, 9.17) is 4.74 Å². The minimum atomic E-state index is -1.52. The summed E-state index contributed by atoms with van der Waals surface area (Å²) in [5.41, 5.74) is -0.804. The highest BCUT2D eigenvalue weighted by Crippen LogP contribution is 2.12. The molecule has 1 unspecified atom stereocenters. The number of rotatable bonds is 5. The van der Waals surface area contributed by atoms with E-state index in [-0.39, 0.29) is 0 Å². The third kappa shape index (κ3) is 6.24. The average molecular weight is 303 g/mol. The Bertz CT molecular complexity index is 425. The third-order valence-electron chi connectivity index (χ3n) is 2.35. The third-order valence-corrected chi connectivity index (χ3v) is 2.35. The summed E-state index contributed by atoms with van der Waals surface area (Å²) in [6, 6.07) is -1.52. The predicted molar refractivity (Wildman–Crippen MR) is 71.4 cm³/mol. The van der Waals surface area contributed by atoms with Crippen LogP contribution in [0.5, 0.6) is 0 Å². The van der Waals surface area contributed by atoms with E-state index < -0.39 is 41.4 Å². The first-order valence-electron chi connectivity index (χ1n) is 6.19. The van der Waals surface area contributed by atoms with Crippen LogP contribution in [0, 0.1) is 5.92 Å². The van der Waals surface area contributed by atoms with E-state index in [0.717, 1.165) is 21.1 Å². The Balaban J connectivity index is 5.28. The number of carbonyl (C=O) groups is 4. The Morgan fingerprint density at radius 1 is 0.952 bits per heavy atom. The topological polar surface area (TPSA) is 108 Å². The maximum absolute atomic E-state index is 11.7. The number of amides is 1. The van der Waals surface area contributed by atoms with E-state index in [1.807, 2.05) is 0 Å². The monoisotopic (exact) mass is 303 g/mol. The summed E-state index contributed by atoms with van der Waals surface area (Å²) in [6.45, 7) is 5.99. The van der Waals surface area contributed by atoms with Gasteiger partial charge in [-0.1, -0.05) is 0 Å². The van der Waals surface area contributed by atoms with Crippen molar-refractivity contribution in [3.05, 3.63) is 0 Å². The van der Waals surface area contributed by atoms with Crippen LogP contribution in [0.25, 0.3) is 0 Å². The van der Waals surface area contributed by atoms with Crippen molar-refractivity contribution in [2.75, 3.05) is 14.2 Å². The molecule has 0 aromatic carbocycles. The van der Waals surface area contributed by atoms with Gasteiger partial charge in [0.2, 0.25) is 0 Å². The number of carbonyl (C=O) groups excluding carboxylic acids is 4. The first kappa shape index (κ1) is 18.9. The van der Waals surface area contributed by atoms with Crippen molar-refractivity contribution in [3.8, 4) is 0 Å². The highest BCUT2D eigenvalue weighted by atomic mass is 16.6. The number of hydrogen-bond acceptors (Lipinski definition) is 7. The van der Waals surface area contributed by atoms with E-state index in [1.54, 1.807) is 20.8 Å². The fourth-order valence-electron chi connectivity index (χ4n) is 1.50. The van der Waals surface area contributed by atoms with Crippen molar-refractivity contribution < 1.29 is 33.4 Å². The van der Waals surface area contributed by atoms with Crippen molar-refractivity contribution in [3.63, 3.8) is 0 Å². The van der Waals surface area contributed by atoms with Crippen LogP contribution in [0.1, 0.15) is 27.7 Å². The molecule has 0 aliphatic rings. The van der Waals surface area contributed by atoms with Gasteiger partial charge in [0.15, 0.2) is 6.04 Å². The molecule has 0 aromatic heterocycles. The molecule has 0 saturated carbocycles. The molecule has 1 amide bonds. The maximum Gasteiger partial charge on any atom is 0.408 e. The normalized spacial score (nSPS) is 13.6. The molecule has 0 spiro atoms. The zero-order valence-electron chi connectivity index (χ0n) is 13.0. The first-order valence-corrected chi connectivity index (χ1v) is 6.19. The van der Waals surface area contributed by atoms with Crippen molar-refractivity contribution in [2.24, 2.45) is 5.92 Å². The lowest BCUT2D eigenvalue weighted by Gasteiger charge is -2.25. The standard InChI is InChI=1S/C13H21NO7/c1-7(15)8(10(16)19-5)9(11(17)20-6)14-12(18)21-13(2,3)4/h8-9H,1-6H3,(H,14,18)/t8?,9-/m0/s1. The molecular formula is C13H21NO7. The SMILES string of the molecule is COC(=O)C(C(C)=O)[C@H](NC(=O)OC(C)(C)C)C(=O)OC. The summed E-state index contributed by atoms with van der Waals surface area (Å²) in [5, 5.41) is 2.16. The molecule has 0 radical (unpaired) electrons. The molecule has 0 aromatic rings. The van der Waals surface area contributed by atoms with E-state index >= 15 is 0 Å². The first-order chi connectivity index (χ1) is 9.53. The van der Waals surface area contributed by atoms with Gasteiger partial charge in [0.25, 0.3) is 0 Å². The van der Waals surface area contributed by atoms with Crippen LogP contribution in [0.4, 0.5) is 4.79 Å². The number of hydrogen-bond donors (Lipinski definition) is 1. The number of methoxy groups -OCH3 is 2. The van der Waals surface area contributed by atoms with E-state index in [1.165, 1.54) is 0 Å². The van der Waals surface area contributed by atoms with Gasteiger partial charge >= 0.3 is 18.0 Å². The van der Waals surface area contributed by atoms with Gasteiger partial charge in [0.05, 0.1) is 14.2 Å². The van der Waals surface area contributed by atoms with Gasteiger partial charge in [-0.05, 0) is 27.7 Å². The molecule has 0 saturated heterocycles. The number of esters is 2. The molecule has 8 heteroatoms. The maximum atomic E-state index is 11.7. The molecule has 2 atom stereocenters.